The molecule has 0 aromatic heterocycles. The van der Waals surface area contributed by atoms with Gasteiger partial charge in [0, 0.05) is 11.6 Å². The van der Waals surface area contributed by atoms with E-state index in [2.05, 4.69) is 10.6 Å². The Morgan fingerprint density at radius 2 is 1.81 bits per heavy atom. The van der Waals surface area contributed by atoms with Crippen LogP contribution in [0.15, 0.2) is 0 Å². The highest BCUT2D eigenvalue weighted by atomic mass is 16.3. The Balaban J connectivity index is 2.19. The summed E-state index contributed by atoms with van der Waals surface area (Å²) in [5.41, 5.74) is -0.0277. The van der Waals surface area contributed by atoms with E-state index in [0.29, 0.717) is 6.54 Å². The average molecular weight is 228 g/mol. The molecule has 0 atom stereocenters. The number of amides is 1. The Morgan fingerprint density at radius 3 is 2.31 bits per heavy atom. The van der Waals surface area contributed by atoms with Crippen LogP contribution >= 0.6 is 0 Å². The summed E-state index contributed by atoms with van der Waals surface area (Å²) in [5.74, 6) is 0.0521. The Morgan fingerprint density at radius 1 is 1.25 bits per heavy atom. The molecule has 0 unspecified atom stereocenters. The van der Waals surface area contributed by atoms with Crippen LogP contribution in [0.5, 0.6) is 0 Å². The predicted octanol–water partition coefficient (Wildman–Crippen LogP) is 0.794. The molecule has 3 N–H and O–H groups in total. The predicted molar refractivity (Wildman–Crippen MR) is 64.2 cm³/mol. The molecule has 0 aromatic carbocycles. The zero-order chi connectivity index (χ0) is 12.2. The van der Waals surface area contributed by atoms with Crippen molar-refractivity contribution in [2.24, 2.45) is 0 Å². The summed E-state index contributed by atoms with van der Waals surface area (Å²) in [4.78, 5) is 11.6. The molecule has 1 aliphatic carbocycles. The van der Waals surface area contributed by atoms with E-state index in [1.807, 2.05) is 20.8 Å². The Kier molecular flexibility index (Phi) is 4.74. The summed E-state index contributed by atoms with van der Waals surface area (Å²) in [7, 11) is 0. The number of hydrogen-bond acceptors (Lipinski definition) is 3. The van der Waals surface area contributed by atoms with Crippen LogP contribution in [0.2, 0.25) is 0 Å². The fraction of sp³-hybridized carbons (Fsp3) is 0.917. The lowest BCUT2D eigenvalue weighted by Gasteiger charge is -2.27. The van der Waals surface area contributed by atoms with Crippen LogP contribution < -0.4 is 10.6 Å². The van der Waals surface area contributed by atoms with Gasteiger partial charge in [0.15, 0.2) is 0 Å². The normalized spacial score (nSPS) is 26.5. The van der Waals surface area contributed by atoms with Crippen LogP contribution in [0.1, 0.15) is 46.5 Å². The van der Waals surface area contributed by atoms with Crippen LogP contribution in [0.4, 0.5) is 0 Å². The van der Waals surface area contributed by atoms with Crippen molar-refractivity contribution < 1.29 is 9.90 Å². The van der Waals surface area contributed by atoms with Gasteiger partial charge < -0.3 is 15.7 Å². The van der Waals surface area contributed by atoms with E-state index in [-0.39, 0.29) is 23.6 Å². The lowest BCUT2D eigenvalue weighted by Crippen LogP contribution is -2.46. The number of rotatable bonds is 3. The third kappa shape index (κ3) is 5.47. The second-order valence-electron chi connectivity index (χ2n) is 5.68. The third-order valence-corrected chi connectivity index (χ3v) is 2.84. The largest absolute Gasteiger partial charge is 0.393 e. The first-order valence-electron chi connectivity index (χ1n) is 6.09. The molecule has 0 saturated heterocycles. The summed E-state index contributed by atoms with van der Waals surface area (Å²) < 4.78 is 0. The summed E-state index contributed by atoms with van der Waals surface area (Å²) in [6.45, 7) is 6.48. The number of hydrogen-bond donors (Lipinski definition) is 3. The number of nitrogens with one attached hydrogen (secondary N) is 2. The first kappa shape index (κ1) is 13.5. The van der Waals surface area contributed by atoms with Gasteiger partial charge in [-0.25, -0.2) is 0 Å². The van der Waals surface area contributed by atoms with Gasteiger partial charge in [0.2, 0.25) is 5.91 Å². The van der Waals surface area contributed by atoms with Crippen LogP contribution in [-0.4, -0.2) is 35.2 Å². The Labute approximate surface area is 97.8 Å². The van der Waals surface area contributed by atoms with Gasteiger partial charge in [0.1, 0.15) is 0 Å². The number of carbonyl (C=O) groups is 1. The number of aliphatic hydroxyl groups is 1. The van der Waals surface area contributed by atoms with Gasteiger partial charge in [-0.3, -0.25) is 4.79 Å². The van der Waals surface area contributed by atoms with Gasteiger partial charge in [0.25, 0.3) is 0 Å². The molecule has 1 aliphatic rings. The van der Waals surface area contributed by atoms with E-state index in [1.165, 1.54) is 0 Å². The fourth-order valence-electron chi connectivity index (χ4n) is 1.84. The highest BCUT2D eigenvalue weighted by molar-refractivity contribution is 5.78. The maximum absolute atomic E-state index is 11.6. The quantitative estimate of drug-likeness (QED) is 0.669. The minimum atomic E-state index is -0.166. The molecule has 0 heterocycles. The van der Waals surface area contributed by atoms with Crippen molar-refractivity contribution in [3.63, 3.8) is 0 Å². The second kappa shape index (κ2) is 5.64. The molecule has 1 rings (SSSR count). The van der Waals surface area contributed by atoms with Crippen molar-refractivity contribution in [2.45, 2.75) is 64.1 Å². The van der Waals surface area contributed by atoms with Crippen molar-refractivity contribution in [2.75, 3.05) is 6.54 Å². The van der Waals surface area contributed by atoms with E-state index < -0.39 is 0 Å². The molecule has 4 heteroatoms. The van der Waals surface area contributed by atoms with Crippen LogP contribution in [0, 0.1) is 0 Å². The monoisotopic (exact) mass is 228 g/mol. The summed E-state index contributed by atoms with van der Waals surface area (Å²) in [5, 5.41) is 15.5. The van der Waals surface area contributed by atoms with Gasteiger partial charge in [-0.1, -0.05) is 0 Å². The standard InChI is InChI=1S/C12H24N2O2/c1-12(2,3)13-8-11(16)14-9-4-6-10(15)7-5-9/h9-10,13,15H,4-8H2,1-3H3,(H,14,16). The molecule has 0 radical (unpaired) electrons. The first-order chi connectivity index (χ1) is 7.37. The second-order valence-corrected chi connectivity index (χ2v) is 5.68. The van der Waals surface area contributed by atoms with Crippen LogP contribution in [0.3, 0.4) is 0 Å². The Bertz CT molecular complexity index is 228. The minimum absolute atomic E-state index is 0.0277. The van der Waals surface area contributed by atoms with Crippen LogP contribution in [-0.2, 0) is 4.79 Å². The van der Waals surface area contributed by atoms with Crippen LogP contribution in [0.25, 0.3) is 0 Å². The van der Waals surface area contributed by atoms with Gasteiger partial charge >= 0.3 is 0 Å². The van der Waals surface area contributed by atoms with E-state index in [9.17, 15) is 9.90 Å². The first-order valence-corrected chi connectivity index (χ1v) is 6.09. The van der Waals surface area contributed by atoms with Crippen molar-refractivity contribution in [3.8, 4) is 0 Å². The smallest absolute Gasteiger partial charge is 0.234 e. The molecule has 94 valence electrons. The molecule has 1 fully saturated rings. The summed E-state index contributed by atoms with van der Waals surface area (Å²) in [6, 6.07) is 0.248. The SMILES string of the molecule is CC(C)(C)NCC(=O)NC1CCC(O)CC1. The summed E-state index contributed by atoms with van der Waals surface area (Å²) in [6.07, 6.45) is 3.22. The molecule has 0 bridgehead atoms. The highest BCUT2D eigenvalue weighted by Gasteiger charge is 2.21. The molecule has 1 saturated carbocycles. The van der Waals surface area contributed by atoms with E-state index in [0.717, 1.165) is 25.7 Å². The van der Waals surface area contributed by atoms with E-state index in [1.54, 1.807) is 0 Å². The van der Waals surface area contributed by atoms with Crippen molar-refractivity contribution in [1.29, 1.82) is 0 Å². The molecule has 0 aromatic rings. The molecule has 4 nitrogen and oxygen atoms in total. The molecule has 0 spiro atoms. The molecule has 1 amide bonds. The summed E-state index contributed by atoms with van der Waals surface area (Å²) >= 11 is 0. The topological polar surface area (TPSA) is 61.4 Å². The molecular formula is C12H24N2O2. The fourth-order valence-corrected chi connectivity index (χ4v) is 1.84. The lowest BCUT2D eigenvalue weighted by molar-refractivity contribution is -0.121. The van der Waals surface area contributed by atoms with Gasteiger partial charge in [-0.05, 0) is 46.5 Å². The molecule has 0 aliphatic heterocycles. The Hall–Kier alpha value is -0.610. The average Bonchev–Trinajstić information content (AvgIpc) is 2.18. The van der Waals surface area contributed by atoms with Gasteiger partial charge in [-0.2, -0.15) is 0 Å². The highest BCUT2D eigenvalue weighted by Crippen LogP contribution is 2.18. The third-order valence-electron chi connectivity index (χ3n) is 2.84. The van der Waals surface area contributed by atoms with Crippen molar-refractivity contribution >= 4 is 5.91 Å². The van der Waals surface area contributed by atoms with Gasteiger partial charge in [0.05, 0.1) is 12.6 Å². The minimum Gasteiger partial charge on any atom is -0.393 e. The maximum Gasteiger partial charge on any atom is 0.234 e. The number of aliphatic hydroxyl groups excluding tert-OH is 1. The van der Waals surface area contributed by atoms with E-state index in [4.69, 9.17) is 0 Å². The van der Waals surface area contributed by atoms with Crippen molar-refractivity contribution in [3.05, 3.63) is 0 Å². The zero-order valence-corrected chi connectivity index (χ0v) is 10.5. The maximum atomic E-state index is 11.6. The van der Waals surface area contributed by atoms with E-state index >= 15 is 0 Å². The molecule has 16 heavy (non-hydrogen) atoms. The lowest BCUT2D eigenvalue weighted by atomic mass is 9.93. The van der Waals surface area contributed by atoms with Gasteiger partial charge in [-0.15, -0.1) is 0 Å². The van der Waals surface area contributed by atoms with Crippen molar-refractivity contribution in [1.82, 2.24) is 10.6 Å². The zero-order valence-electron chi connectivity index (χ0n) is 10.5. The number of carbonyl (C=O) groups excluding carboxylic acids is 1. The molecular weight excluding hydrogens is 204 g/mol.